The number of rotatable bonds is 7. The molecule has 154 valence electrons. The lowest BCUT2D eigenvalue weighted by Crippen LogP contribution is -1.97. The molecule has 0 radical (unpaired) electrons. The predicted molar refractivity (Wildman–Crippen MR) is 116 cm³/mol. The number of aliphatic hydroxyl groups excluding tert-OH is 2. The second-order valence-corrected chi connectivity index (χ2v) is 7.05. The van der Waals surface area contributed by atoms with E-state index in [-0.39, 0.29) is 19.0 Å². The summed E-state index contributed by atoms with van der Waals surface area (Å²) in [5.74, 6) is 1.13. The first-order valence-corrected chi connectivity index (χ1v) is 9.78. The van der Waals surface area contributed by atoms with Gasteiger partial charge in [0.2, 0.25) is 0 Å². The normalized spacial score (nSPS) is 10.2. The lowest BCUT2D eigenvalue weighted by molar-refractivity contribution is 0.296. The molecule has 0 bridgehead atoms. The molecule has 0 unspecified atom stereocenters. The van der Waals surface area contributed by atoms with Crippen molar-refractivity contribution in [1.82, 2.24) is 0 Å². The van der Waals surface area contributed by atoms with E-state index in [0.717, 1.165) is 33.6 Å². The van der Waals surface area contributed by atoms with Crippen molar-refractivity contribution in [3.8, 4) is 11.5 Å². The van der Waals surface area contributed by atoms with Crippen molar-refractivity contribution in [2.24, 2.45) is 0 Å². The van der Waals surface area contributed by atoms with Crippen LogP contribution in [0.1, 0.15) is 27.8 Å². The summed E-state index contributed by atoms with van der Waals surface area (Å²) in [6.07, 6.45) is 1.28. The number of aryl methyl sites for hydroxylation is 2. The van der Waals surface area contributed by atoms with E-state index in [1.807, 2.05) is 62.4 Å². The van der Waals surface area contributed by atoms with Crippen LogP contribution in [0.4, 0.5) is 0 Å². The molecule has 29 heavy (non-hydrogen) atoms. The highest BCUT2D eigenvalue weighted by Gasteiger charge is 2.00. The third-order valence-corrected chi connectivity index (χ3v) is 4.28. The van der Waals surface area contributed by atoms with E-state index in [1.54, 1.807) is 12.1 Å². The van der Waals surface area contributed by atoms with E-state index < -0.39 is 0 Å². The zero-order valence-electron chi connectivity index (χ0n) is 17.1. The van der Waals surface area contributed by atoms with Gasteiger partial charge in [0.25, 0.3) is 0 Å². The number of phenols is 1. The first kappa shape index (κ1) is 22.5. The summed E-state index contributed by atoms with van der Waals surface area (Å²) < 4.78 is 5.78. The van der Waals surface area contributed by atoms with Crippen LogP contribution in [-0.2, 0) is 19.4 Å². The molecule has 0 fully saturated rings. The zero-order valence-corrected chi connectivity index (χ0v) is 17.1. The SMILES string of the molecule is Cc1cc(CCO)cc(OCc2ccccc2)c1.Cc1cc(O)cc(CCO)c1. The Labute approximate surface area is 173 Å². The molecule has 0 aliphatic heterocycles. The Hall–Kier alpha value is -2.82. The van der Waals surface area contributed by atoms with Gasteiger partial charge >= 0.3 is 0 Å². The molecule has 0 saturated carbocycles. The van der Waals surface area contributed by atoms with Gasteiger partial charge in [-0.2, -0.15) is 0 Å². The Morgan fingerprint density at radius 1 is 0.690 bits per heavy atom. The minimum atomic E-state index is 0.128. The number of aromatic hydroxyl groups is 1. The molecule has 0 spiro atoms. The fourth-order valence-corrected chi connectivity index (χ4v) is 3.04. The summed E-state index contributed by atoms with van der Waals surface area (Å²) in [7, 11) is 0. The Balaban J connectivity index is 0.000000234. The van der Waals surface area contributed by atoms with Crippen molar-refractivity contribution in [1.29, 1.82) is 0 Å². The van der Waals surface area contributed by atoms with E-state index in [4.69, 9.17) is 20.1 Å². The van der Waals surface area contributed by atoms with Gasteiger partial charge < -0.3 is 20.1 Å². The maximum Gasteiger partial charge on any atom is 0.120 e. The largest absolute Gasteiger partial charge is 0.508 e. The molecule has 4 heteroatoms. The first-order chi connectivity index (χ1) is 14.0. The third-order valence-electron chi connectivity index (χ3n) is 4.28. The lowest BCUT2D eigenvalue weighted by atomic mass is 10.1. The molecule has 3 aromatic carbocycles. The van der Waals surface area contributed by atoms with Gasteiger partial charge in [0.1, 0.15) is 18.1 Å². The highest BCUT2D eigenvalue weighted by Crippen LogP contribution is 2.19. The number of hydrogen-bond acceptors (Lipinski definition) is 4. The van der Waals surface area contributed by atoms with E-state index >= 15 is 0 Å². The summed E-state index contributed by atoms with van der Waals surface area (Å²) in [4.78, 5) is 0. The Kier molecular flexibility index (Phi) is 9.22. The van der Waals surface area contributed by atoms with Crippen LogP contribution < -0.4 is 4.74 Å². The van der Waals surface area contributed by atoms with Crippen molar-refractivity contribution in [3.05, 3.63) is 94.5 Å². The van der Waals surface area contributed by atoms with Gasteiger partial charge in [-0.05, 0) is 78.8 Å². The van der Waals surface area contributed by atoms with Crippen molar-refractivity contribution >= 4 is 0 Å². The lowest BCUT2D eigenvalue weighted by Gasteiger charge is -2.09. The van der Waals surface area contributed by atoms with Crippen molar-refractivity contribution < 1.29 is 20.1 Å². The summed E-state index contributed by atoms with van der Waals surface area (Å²) in [5, 5.41) is 26.7. The molecule has 0 heterocycles. The monoisotopic (exact) mass is 394 g/mol. The molecule has 0 atom stereocenters. The molecular weight excluding hydrogens is 364 g/mol. The van der Waals surface area contributed by atoms with Gasteiger partial charge in [0.15, 0.2) is 0 Å². The summed E-state index contributed by atoms with van der Waals surface area (Å²) >= 11 is 0. The standard InChI is InChI=1S/C16H18O2.C9H12O2/c1-13-9-15(7-8-17)11-16(10-13)18-12-14-5-3-2-4-6-14;1-7-4-8(2-3-10)6-9(11)5-7/h2-6,9-11,17H,7-8,12H2,1H3;4-6,10-11H,2-3H2,1H3. The average Bonchev–Trinajstić information content (AvgIpc) is 2.67. The van der Waals surface area contributed by atoms with Gasteiger partial charge in [-0.3, -0.25) is 0 Å². The topological polar surface area (TPSA) is 69.9 Å². The molecule has 3 aromatic rings. The second-order valence-electron chi connectivity index (χ2n) is 7.05. The van der Waals surface area contributed by atoms with Crippen LogP contribution in [0.2, 0.25) is 0 Å². The van der Waals surface area contributed by atoms with Crippen LogP contribution >= 0.6 is 0 Å². The zero-order chi connectivity index (χ0) is 21.1. The molecule has 0 amide bonds. The molecule has 0 saturated heterocycles. The van der Waals surface area contributed by atoms with E-state index in [0.29, 0.717) is 19.4 Å². The highest BCUT2D eigenvalue weighted by atomic mass is 16.5. The molecule has 4 nitrogen and oxygen atoms in total. The molecule has 0 aliphatic rings. The van der Waals surface area contributed by atoms with Gasteiger partial charge in [0.05, 0.1) is 0 Å². The van der Waals surface area contributed by atoms with Crippen LogP contribution in [0.25, 0.3) is 0 Å². The number of phenolic OH excluding ortho intramolecular Hbond substituents is 1. The number of aliphatic hydroxyl groups is 2. The smallest absolute Gasteiger partial charge is 0.120 e. The van der Waals surface area contributed by atoms with E-state index in [2.05, 4.69) is 6.07 Å². The number of benzene rings is 3. The minimum absolute atomic E-state index is 0.128. The predicted octanol–water partition coefficient (Wildman–Crippen LogP) is 4.34. The number of ether oxygens (including phenoxy) is 1. The van der Waals surface area contributed by atoms with Crippen molar-refractivity contribution in [3.63, 3.8) is 0 Å². The Bertz CT molecular complexity index is 855. The quantitative estimate of drug-likeness (QED) is 0.557. The fourth-order valence-electron chi connectivity index (χ4n) is 3.04. The van der Waals surface area contributed by atoms with E-state index in [9.17, 15) is 0 Å². The van der Waals surface area contributed by atoms with Crippen LogP contribution in [0.15, 0.2) is 66.7 Å². The van der Waals surface area contributed by atoms with Crippen LogP contribution in [0.3, 0.4) is 0 Å². The molecule has 0 aliphatic carbocycles. The van der Waals surface area contributed by atoms with Gasteiger partial charge in [-0.25, -0.2) is 0 Å². The van der Waals surface area contributed by atoms with Crippen LogP contribution in [0.5, 0.6) is 11.5 Å². The Morgan fingerprint density at radius 3 is 1.86 bits per heavy atom. The van der Waals surface area contributed by atoms with Crippen molar-refractivity contribution in [2.75, 3.05) is 13.2 Å². The van der Waals surface area contributed by atoms with Gasteiger partial charge in [-0.1, -0.05) is 42.5 Å². The minimum Gasteiger partial charge on any atom is -0.508 e. The van der Waals surface area contributed by atoms with Crippen molar-refractivity contribution in [2.45, 2.75) is 33.3 Å². The number of hydrogen-bond donors (Lipinski definition) is 3. The molecule has 0 aromatic heterocycles. The van der Waals surface area contributed by atoms with Gasteiger partial charge in [-0.15, -0.1) is 0 Å². The average molecular weight is 395 g/mol. The molecule has 3 N–H and O–H groups in total. The second kappa shape index (κ2) is 11.9. The maximum absolute atomic E-state index is 9.14. The van der Waals surface area contributed by atoms with Crippen LogP contribution in [-0.4, -0.2) is 28.5 Å². The summed E-state index contributed by atoms with van der Waals surface area (Å²) in [6, 6.07) is 21.5. The first-order valence-electron chi connectivity index (χ1n) is 9.78. The van der Waals surface area contributed by atoms with Crippen LogP contribution in [0, 0.1) is 13.8 Å². The van der Waals surface area contributed by atoms with Gasteiger partial charge in [0, 0.05) is 13.2 Å². The molecular formula is C25H30O4. The Morgan fingerprint density at radius 2 is 1.28 bits per heavy atom. The highest BCUT2D eigenvalue weighted by molar-refractivity contribution is 5.34. The summed E-state index contributed by atoms with van der Waals surface area (Å²) in [6.45, 7) is 4.82. The third kappa shape index (κ3) is 8.38. The fraction of sp³-hybridized carbons (Fsp3) is 0.280. The summed E-state index contributed by atoms with van der Waals surface area (Å²) in [5.41, 5.74) is 5.42. The molecule has 3 rings (SSSR count). The maximum atomic E-state index is 9.14. The van der Waals surface area contributed by atoms with E-state index in [1.165, 1.54) is 0 Å².